The van der Waals surface area contributed by atoms with Gasteiger partial charge < -0.3 is 31.6 Å². The van der Waals surface area contributed by atoms with Gasteiger partial charge in [0, 0.05) is 41.2 Å². The van der Waals surface area contributed by atoms with E-state index in [0.29, 0.717) is 12.7 Å². The first-order valence-corrected chi connectivity index (χ1v) is 12.5. The fourth-order valence-electron chi connectivity index (χ4n) is 2.90. The molecule has 2 atom stereocenters. The molecular weight excluding hydrogens is 324 g/mol. The highest BCUT2D eigenvalue weighted by Crippen LogP contribution is 2.36. The highest BCUT2D eigenvalue weighted by Gasteiger charge is 2.69. The van der Waals surface area contributed by atoms with Crippen molar-refractivity contribution < 1.29 is 31.6 Å². The van der Waals surface area contributed by atoms with E-state index in [0.717, 1.165) is 38.5 Å². The van der Waals surface area contributed by atoms with Crippen LogP contribution in [0.15, 0.2) is 0 Å². The number of hydrogen-bond acceptors (Lipinski definition) is 7. The third-order valence-electron chi connectivity index (χ3n) is 4.30. The Morgan fingerprint density at radius 3 is 2.23 bits per heavy atom. The van der Waals surface area contributed by atoms with Crippen molar-refractivity contribution in [1.82, 2.24) is 0 Å². The second-order valence-electron chi connectivity index (χ2n) is 5.58. The van der Waals surface area contributed by atoms with Crippen molar-refractivity contribution in [1.29, 1.82) is 0 Å². The highest BCUT2D eigenvalue weighted by molar-refractivity contribution is 7.29. The largest absolute Gasteiger partial charge is 0.539 e. The van der Waals surface area contributed by atoms with Crippen molar-refractivity contribution in [2.75, 3.05) is 48.3 Å². The molecule has 2 aliphatic heterocycles. The second-order valence-corrected chi connectivity index (χ2v) is 14.7. The molecule has 9 heteroatoms. The van der Waals surface area contributed by atoms with Gasteiger partial charge in [-0.05, 0) is 25.3 Å². The zero-order valence-corrected chi connectivity index (χ0v) is 16.0. The summed E-state index contributed by atoms with van der Waals surface area (Å²) in [6, 6.07) is 0.829. The lowest BCUT2D eigenvalue weighted by Crippen LogP contribution is -2.73. The Labute approximate surface area is 134 Å². The molecule has 0 N–H and O–H groups in total. The van der Waals surface area contributed by atoms with Crippen LogP contribution >= 0.6 is 0 Å². The van der Waals surface area contributed by atoms with Gasteiger partial charge in [0.25, 0.3) is 0 Å². The average molecular weight is 353 g/mol. The van der Waals surface area contributed by atoms with Crippen LogP contribution in [0, 0.1) is 0 Å². The van der Waals surface area contributed by atoms with Gasteiger partial charge in [-0.25, -0.2) is 0 Å². The maximum atomic E-state index is 6.24. The van der Waals surface area contributed by atoms with Gasteiger partial charge in [-0.3, -0.25) is 0 Å². The normalized spacial score (nSPS) is 29.5. The molecule has 2 saturated heterocycles. The van der Waals surface area contributed by atoms with Crippen molar-refractivity contribution in [3.63, 3.8) is 0 Å². The molecule has 0 amide bonds. The molecule has 22 heavy (non-hydrogen) atoms. The van der Waals surface area contributed by atoms with Gasteiger partial charge in [0.05, 0.1) is 13.2 Å². The fraction of sp³-hybridized carbons (Fsp3) is 1.00. The standard InChI is InChI=1S/C13H28O7Si2/c1-14-21(15-2)9-7-12(20-22(21,16-3)17-4)6-5-8-18-10-13-11-19-13/h12-13H,5-11H2,1-4H3. The van der Waals surface area contributed by atoms with Gasteiger partial charge in [0.15, 0.2) is 0 Å². The summed E-state index contributed by atoms with van der Waals surface area (Å²) in [5.41, 5.74) is 0. The topological polar surface area (TPSA) is 67.9 Å². The average Bonchev–Trinajstić information content (AvgIpc) is 3.38. The summed E-state index contributed by atoms with van der Waals surface area (Å²) in [6.07, 6.45) is 3.21. The first kappa shape index (κ1) is 18.5. The number of rotatable bonds is 10. The molecule has 0 aromatic carbocycles. The van der Waals surface area contributed by atoms with Crippen molar-refractivity contribution in [2.24, 2.45) is 0 Å². The predicted molar refractivity (Wildman–Crippen MR) is 83.6 cm³/mol. The molecule has 130 valence electrons. The van der Waals surface area contributed by atoms with Crippen molar-refractivity contribution in [2.45, 2.75) is 37.5 Å². The highest BCUT2D eigenvalue weighted by atomic mass is 29.3. The van der Waals surface area contributed by atoms with Gasteiger partial charge >= 0.3 is 16.4 Å². The summed E-state index contributed by atoms with van der Waals surface area (Å²) in [6.45, 7) is 2.26. The van der Waals surface area contributed by atoms with E-state index in [1.807, 2.05) is 0 Å². The molecule has 2 aliphatic rings. The van der Waals surface area contributed by atoms with Gasteiger partial charge in [0.1, 0.15) is 6.10 Å². The lowest BCUT2D eigenvalue weighted by Gasteiger charge is -2.45. The zero-order valence-electron chi connectivity index (χ0n) is 14.0. The van der Waals surface area contributed by atoms with Crippen LogP contribution < -0.4 is 0 Å². The monoisotopic (exact) mass is 352 g/mol. The third kappa shape index (κ3) is 3.97. The van der Waals surface area contributed by atoms with Crippen LogP contribution in [0.3, 0.4) is 0 Å². The Hall–Kier alpha value is 0.154. The van der Waals surface area contributed by atoms with E-state index < -0.39 is 16.4 Å². The van der Waals surface area contributed by atoms with Crippen molar-refractivity contribution in [3.8, 4) is 0 Å². The van der Waals surface area contributed by atoms with Gasteiger partial charge in [-0.2, -0.15) is 0 Å². The van der Waals surface area contributed by atoms with Gasteiger partial charge in [-0.15, -0.1) is 0 Å². The number of hydrogen-bond donors (Lipinski definition) is 0. The van der Waals surface area contributed by atoms with E-state index in [4.69, 9.17) is 31.6 Å². The summed E-state index contributed by atoms with van der Waals surface area (Å²) in [4.78, 5) is 0. The lowest BCUT2D eigenvalue weighted by molar-refractivity contribution is 0.0294. The zero-order chi connectivity index (χ0) is 16.1. The Balaban J connectivity index is 1.82. The summed E-state index contributed by atoms with van der Waals surface area (Å²) >= 11 is 0. The Morgan fingerprint density at radius 1 is 1.00 bits per heavy atom. The maximum Gasteiger partial charge on any atom is 0.539 e. The Morgan fingerprint density at radius 2 is 1.68 bits per heavy atom. The molecule has 7 nitrogen and oxygen atoms in total. The Bertz CT molecular complexity index is 332. The van der Waals surface area contributed by atoms with Crippen LogP contribution in [-0.4, -0.2) is 76.9 Å². The van der Waals surface area contributed by atoms with Gasteiger partial charge in [0.2, 0.25) is 0 Å². The van der Waals surface area contributed by atoms with Crippen molar-refractivity contribution >= 4 is 16.4 Å². The minimum Gasteiger partial charge on any atom is -0.395 e. The molecule has 0 aromatic heterocycles. The molecule has 0 spiro atoms. The molecular formula is C13H28O7Si2. The predicted octanol–water partition coefficient (Wildman–Crippen LogP) is 1.02. The molecule has 0 aromatic rings. The van der Waals surface area contributed by atoms with E-state index in [-0.39, 0.29) is 6.10 Å². The van der Waals surface area contributed by atoms with E-state index in [1.165, 1.54) is 0 Å². The molecule has 0 aliphatic carbocycles. The van der Waals surface area contributed by atoms with Crippen LogP contribution in [0.2, 0.25) is 6.04 Å². The van der Waals surface area contributed by atoms with E-state index in [1.54, 1.807) is 28.4 Å². The molecule has 2 rings (SSSR count). The summed E-state index contributed by atoms with van der Waals surface area (Å²) in [5, 5.41) is 0. The quantitative estimate of drug-likeness (QED) is 0.330. The summed E-state index contributed by atoms with van der Waals surface area (Å²) < 4.78 is 39.7. The number of ether oxygens (including phenoxy) is 2. The second kappa shape index (κ2) is 8.31. The molecule has 2 fully saturated rings. The van der Waals surface area contributed by atoms with E-state index in [9.17, 15) is 0 Å². The fourth-order valence-corrected chi connectivity index (χ4v) is 12.6. The van der Waals surface area contributed by atoms with Crippen molar-refractivity contribution in [3.05, 3.63) is 0 Å². The minimum absolute atomic E-state index is 0.110. The molecule has 0 saturated carbocycles. The first-order valence-electron chi connectivity index (χ1n) is 7.73. The minimum atomic E-state index is -2.92. The van der Waals surface area contributed by atoms with Crippen LogP contribution in [0.1, 0.15) is 19.3 Å². The van der Waals surface area contributed by atoms with Crippen LogP contribution in [-0.2, 0) is 31.6 Å². The maximum absolute atomic E-state index is 6.24. The molecule has 2 heterocycles. The molecule has 2 unspecified atom stereocenters. The number of epoxide rings is 1. The van der Waals surface area contributed by atoms with E-state index >= 15 is 0 Å². The first-order chi connectivity index (χ1) is 10.6. The van der Waals surface area contributed by atoms with Gasteiger partial charge in [-0.1, -0.05) is 0 Å². The Kier molecular flexibility index (Phi) is 6.99. The summed E-state index contributed by atoms with van der Waals surface area (Å²) in [5.74, 6) is 0. The van der Waals surface area contributed by atoms with E-state index in [2.05, 4.69) is 0 Å². The van der Waals surface area contributed by atoms with Crippen LogP contribution in [0.5, 0.6) is 0 Å². The smallest absolute Gasteiger partial charge is 0.395 e. The molecule has 0 radical (unpaired) electrons. The van der Waals surface area contributed by atoms with Crippen LogP contribution in [0.4, 0.5) is 0 Å². The third-order valence-corrected chi connectivity index (χ3v) is 15.6. The lowest BCUT2D eigenvalue weighted by atomic mass is 10.1. The summed E-state index contributed by atoms with van der Waals surface area (Å²) in [7, 11) is 1.06. The SMILES string of the molecule is CO[Si]1(OC)CCC(CCCOCC2CO2)O[Si]1(OC)OC. The molecule has 0 bridgehead atoms. The van der Waals surface area contributed by atoms with Crippen LogP contribution in [0.25, 0.3) is 0 Å².